The van der Waals surface area contributed by atoms with Crippen molar-refractivity contribution in [1.29, 1.82) is 0 Å². The molecule has 4 atom stereocenters. The molecule has 2 heterocycles. The third kappa shape index (κ3) is 4.13. The average Bonchev–Trinajstić information content (AvgIpc) is 2.48. The van der Waals surface area contributed by atoms with Gasteiger partial charge in [-0.1, -0.05) is 26.8 Å². The molecular formula is C15H25N3S2. The maximum Gasteiger partial charge on any atom is 0.0420 e. The Kier molecular flexibility index (Phi) is 6.20. The van der Waals surface area contributed by atoms with Gasteiger partial charge in [-0.25, -0.2) is 0 Å². The van der Waals surface area contributed by atoms with Crippen molar-refractivity contribution >= 4 is 23.5 Å². The topological polar surface area (TPSA) is 50.9 Å². The highest BCUT2D eigenvalue weighted by Gasteiger charge is 2.31. The standard InChI is InChI=1S/C15H25N3S2/c1-4-12-5-6-13(17-8-12)7-14(18-16)15-9-19-10(2)11(3)20-15/h5-6,8,10-11,14-15,18H,4,7,9,16H2,1-3H3. The first-order valence-electron chi connectivity index (χ1n) is 7.31. The fourth-order valence-electron chi connectivity index (χ4n) is 2.33. The van der Waals surface area contributed by atoms with Crippen LogP contribution in [0.3, 0.4) is 0 Å². The summed E-state index contributed by atoms with van der Waals surface area (Å²) in [6.45, 7) is 6.78. The summed E-state index contributed by atoms with van der Waals surface area (Å²) in [4.78, 5) is 4.55. The van der Waals surface area contributed by atoms with Crippen LogP contribution in [0.2, 0.25) is 0 Å². The van der Waals surface area contributed by atoms with E-state index in [2.05, 4.69) is 66.8 Å². The molecule has 0 spiro atoms. The largest absolute Gasteiger partial charge is 0.271 e. The van der Waals surface area contributed by atoms with E-state index in [1.54, 1.807) is 0 Å². The van der Waals surface area contributed by atoms with Crippen molar-refractivity contribution in [3.8, 4) is 0 Å². The molecule has 4 unspecified atom stereocenters. The van der Waals surface area contributed by atoms with Gasteiger partial charge in [0.05, 0.1) is 0 Å². The number of rotatable bonds is 5. The Labute approximate surface area is 130 Å². The molecule has 1 fully saturated rings. The van der Waals surface area contributed by atoms with Crippen LogP contribution in [0.5, 0.6) is 0 Å². The van der Waals surface area contributed by atoms with Crippen LogP contribution in [0.25, 0.3) is 0 Å². The zero-order valence-corrected chi connectivity index (χ0v) is 14.1. The fourth-order valence-corrected chi connectivity index (χ4v) is 5.44. The number of nitrogens with one attached hydrogen (secondary N) is 1. The van der Waals surface area contributed by atoms with Gasteiger partial charge in [-0.05, 0) is 18.1 Å². The van der Waals surface area contributed by atoms with Crippen LogP contribution in [-0.4, -0.2) is 32.5 Å². The van der Waals surface area contributed by atoms with Crippen molar-refractivity contribution < 1.29 is 0 Å². The number of aryl methyl sites for hydroxylation is 1. The Hall–Kier alpha value is -0.230. The molecule has 0 bridgehead atoms. The number of aromatic nitrogens is 1. The van der Waals surface area contributed by atoms with E-state index in [1.807, 2.05) is 6.20 Å². The minimum atomic E-state index is 0.294. The lowest BCUT2D eigenvalue weighted by molar-refractivity contribution is 0.516. The highest BCUT2D eigenvalue weighted by Crippen LogP contribution is 2.37. The highest BCUT2D eigenvalue weighted by atomic mass is 32.2. The van der Waals surface area contributed by atoms with Crippen molar-refractivity contribution in [2.24, 2.45) is 5.84 Å². The van der Waals surface area contributed by atoms with Gasteiger partial charge in [0.15, 0.2) is 0 Å². The lowest BCUT2D eigenvalue weighted by atomic mass is 10.1. The Morgan fingerprint density at radius 3 is 2.75 bits per heavy atom. The molecule has 1 aliphatic heterocycles. The van der Waals surface area contributed by atoms with Gasteiger partial charge in [-0.3, -0.25) is 16.3 Å². The van der Waals surface area contributed by atoms with Crippen molar-refractivity contribution in [3.05, 3.63) is 29.6 Å². The summed E-state index contributed by atoms with van der Waals surface area (Å²) in [6, 6.07) is 4.60. The van der Waals surface area contributed by atoms with Gasteiger partial charge in [0.25, 0.3) is 0 Å². The van der Waals surface area contributed by atoms with E-state index in [0.29, 0.717) is 16.5 Å². The van der Waals surface area contributed by atoms with Gasteiger partial charge in [0.2, 0.25) is 0 Å². The van der Waals surface area contributed by atoms with Crippen molar-refractivity contribution in [3.63, 3.8) is 0 Å². The van der Waals surface area contributed by atoms with Gasteiger partial charge in [-0.15, -0.1) is 0 Å². The number of hydrogen-bond donors (Lipinski definition) is 2. The molecule has 20 heavy (non-hydrogen) atoms. The summed E-state index contributed by atoms with van der Waals surface area (Å²) in [5.74, 6) is 6.95. The quantitative estimate of drug-likeness (QED) is 0.647. The summed E-state index contributed by atoms with van der Waals surface area (Å²) in [7, 11) is 0. The van der Waals surface area contributed by atoms with Crippen LogP contribution in [-0.2, 0) is 12.8 Å². The summed E-state index contributed by atoms with van der Waals surface area (Å²) in [5, 5.41) is 1.98. The molecule has 0 radical (unpaired) electrons. The zero-order valence-electron chi connectivity index (χ0n) is 12.5. The lowest BCUT2D eigenvalue weighted by Crippen LogP contribution is -2.47. The monoisotopic (exact) mass is 311 g/mol. The summed E-state index contributed by atoms with van der Waals surface area (Å²) >= 11 is 4.12. The third-order valence-electron chi connectivity index (χ3n) is 3.96. The van der Waals surface area contributed by atoms with Crippen LogP contribution >= 0.6 is 23.5 Å². The van der Waals surface area contributed by atoms with Crippen molar-refractivity contribution in [2.75, 3.05) is 5.75 Å². The number of hydrazine groups is 1. The van der Waals surface area contributed by atoms with E-state index >= 15 is 0 Å². The summed E-state index contributed by atoms with van der Waals surface area (Å²) < 4.78 is 0. The molecule has 0 aliphatic carbocycles. The predicted octanol–water partition coefficient (Wildman–Crippen LogP) is 2.64. The van der Waals surface area contributed by atoms with Crippen LogP contribution < -0.4 is 11.3 Å². The molecule has 112 valence electrons. The number of nitrogens with zero attached hydrogens (tertiary/aromatic N) is 1. The molecule has 5 heteroatoms. The lowest BCUT2D eigenvalue weighted by Gasteiger charge is -2.35. The van der Waals surface area contributed by atoms with Crippen LogP contribution in [0.15, 0.2) is 18.3 Å². The SMILES string of the molecule is CCc1ccc(CC(NN)C2CSC(C)C(C)S2)nc1. The summed E-state index contributed by atoms with van der Waals surface area (Å²) in [5.41, 5.74) is 5.42. The maximum atomic E-state index is 5.79. The molecule has 3 N–H and O–H groups in total. The second kappa shape index (κ2) is 7.69. The molecule has 0 amide bonds. The van der Waals surface area contributed by atoms with Gasteiger partial charge in [0.1, 0.15) is 0 Å². The number of nitrogens with two attached hydrogens (primary N) is 1. The second-order valence-electron chi connectivity index (χ2n) is 5.41. The minimum absolute atomic E-state index is 0.294. The smallest absolute Gasteiger partial charge is 0.0420 e. The number of hydrogen-bond acceptors (Lipinski definition) is 5. The Morgan fingerprint density at radius 1 is 1.40 bits per heavy atom. The van der Waals surface area contributed by atoms with E-state index in [-0.39, 0.29) is 0 Å². The Balaban J connectivity index is 1.97. The maximum absolute atomic E-state index is 5.79. The molecule has 0 aromatic carbocycles. The highest BCUT2D eigenvalue weighted by molar-refractivity contribution is 8.07. The Morgan fingerprint density at radius 2 is 2.20 bits per heavy atom. The number of thioether (sulfide) groups is 2. The van der Waals surface area contributed by atoms with E-state index in [9.17, 15) is 0 Å². The van der Waals surface area contributed by atoms with Crippen molar-refractivity contribution in [1.82, 2.24) is 10.4 Å². The fraction of sp³-hybridized carbons (Fsp3) is 0.667. The van der Waals surface area contributed by atoms with Crippen LogP contribution in [0.1, 0.15) is 32.0 Å². The Bertz CT molecular complexity index is 410. The number of pyridine rings is 1. The molecule has 1 aliphatic rings. The molecule has 0 saturated carbocycles. The average molecular weight is 312 g/mol. The van der Waals surface area contributed by atoms with Gasteiger partial charge in [0, 0.05) is 45.9 Å². The van der Waals surface area contributed by atoms with E-state index in [4.69, 9.17) is 5.84 Å². The van der Waals surface area contributed by atoms with Crippen LogP contribution in [0, 0.1) is 0 Å². The zero-order chi connectivity index (χ0) is 14.5. The third-order valence-corrected chi connectivity index (χ3v) is 7.51. The predicted molar refractivity (Wildman–Crippen MR) is 91.2 cm³/mol. The molecule has 2 rings (SSSR count). The second-order valence-corrected chi connectivity index (χ2v) is 8.44. The van der Waals surface area contributed by atoms with Gasteiger partial charge < -0.3 is 0 Å². The minimum Gasteiger partial charge on any atom is -0.271 e. The molecule has 1 aromatic rings. The molecule has 1 aromatic heterocycles. The first-order chi connectivity index (χ1) is 9.63. The van der Waals surface area contributed by atoms with Crippen molar-refractivity contribution in [2.45, 2.75) is 55.4 Å². The summed E-state index contributed by atoms with van der Waals surface area (Å²) in [6.07, 6.45) is 3.92. The normalized spacial score (nSPS) is 28.3. The molecule has 3 nitrogen and oxygen atoms in total. The molecular weight excluding hydrogens is 286 g/mol. The first kappa shape index (κ1) is 16.1. The molecule has 1 saturated heterocycles. The van der Waals surface area contributed by atoms with Gasteiger partial charge >= 0.3 is 0 Å². The van der Waals surface area contributed by atoms with Crippen LogP contribution in [0.4, 0.5) is 0 Å². The van der Waals surface area contributed by atoms with E-state index in [0.717, 1.165) is 29.5 Å². The van der Waals surface area contributed by atoms with Gasteiger partial charge in [-0.2, -0.15) is 23.5 Å². The van der Waals surface area contributed by atoms with E-state index < -0.39 is 0 Å². The van der Waals surface area contributed by atoms with E-state index in [1.165, 1.54) is 5.56 Å². The first-order valence-corrected chi connectivity index (χ1v) is 9.30.